The summed E-state index contributed by atoms with van der Waals surface area (Å²) in [5.41, 5.74) is 0. The second-order valence-electron chi connectivity index (χ2n) is 4.41. The van der Waals surface area contributed by atoms with Gasteiger partial charge in [0.2, 0.25) is 0 Å². The Labute approximate surface area is 76.0 Å². The molecule has 0 aromatic carbocycles. The Morgan fingerprint density at radius 3 is 2.25 bits per heavy atom. The van der Waals surface area contributed by atoms with Crippen molar-refractivity contribution in [3.63, 3.8) is 0 Å². The van der Waals surface area contributed by atoms with E-state index in [9.17, 15) is 4.79 Å². The molecule has 1 unspecified atom stereocenters. The highest BCUT2D eigenvalue weighted by Crippen LogP contribution is 2.09. The van der Waals surface area contributed by atoms with Gasteiger partial charge >= 0.3 is 0 Å². The summed E-state index contributed by atoms with van der Waals surface area (Å²) >= 11 is 0. The number of hydrogen-bond acceptors (Lipinski definition) is 2. The van der Waals surface area contributed by atoms with E-state index in [0.717, 1.165) is 12.8 Å². The number of carbonyl (C=O) groups is 1. The highest BCUT2D eigenvalue weighted by molar-refractivity contribution is 7.03. The smallest absolute Gasteiger partial charge is 0.123 e. The van der Waals surface area contributed by atoms with Crippen LogP contribution in [0.1, 0.15) is 26.2 Å². The van der Waals surface area contributed by atoms with Crippen LogP contribution in [-0.4, -0.2) is 24.7 Å². The first kappa shape index (κ1) is 11.8. The predicted octanol–water partition coefficient (Wildman–Crippen LogP) is 1.98. The Balaban J connectivity index is 3.59. The van der Waals surface area contributed by atoms with Crippen molar-refractivity contribution in [2.75, 3.05) is 0 Å². The Kier molecular flexibility index (Phi) is 4.71. The molecule has 3 heteroatoms. The second-order valence-corrected chi connectivity index (χ2v) is 9.47. The van der Waals surface area contributed by atoms with E-state index in [0.29, 0.717) is 11.8 Å². The van der Waals surface area contributed by atoms with Crippen molar-refractivity contribution >= 4 is 13.5 Å². The summed E-state index contributed by atoms with van der Waals surface area (Å²) in [6.45, 7) is 7.96. The summed E-state index contributed by atoms with van der Waals surface area (Å²) in [4.78, 5) is 11.4. The van der Waals surface area contributed by atoms with Crippen molar-refractivity contribution in [3.8, 4) is 0 Å². The van der Waals surface area contributed by atoms with Crippen LogP contribution in [-0.2, 0) is 4.79 Å². The maximum Gasteiger partial charge on any atom is 0.123 e. The van der Waals surface area contributed by atoms with Crippen LogP contribution in [0.15, 0.2) is 0 Å². The average Bonchev–Trinajstić information content (AvgIpc) is 1.84. The van der Waals surface area contributed by atoms with Gasteiger partial charge in [-0.05, 0) is 19.8 Å². The number of carbonyl (C=O) groups excluding carboxylic acids is 1. The summed E-state index contributed by atoms with van der Waals surface area (Å²) < 4.78 is 0. The largest absolute Gasteiger partial charge is 0.393 e. The second kappa shape index (κ2) is 4.77. The minimum atomic E-state index is -1.55. The Bertz CT molecular complexity index is 147. The minimum absolute atomic E-state index is 0.264. The zero-order chi connectivity index (χ0) is 9.78. The summed E-state index contributed by atoms with van der Waals surface area (Å²) in [5, 5.41) is 9.39. The molecule has 0 saturated carbocycles. The molecular formula is C9H20O2Si. The maximum atomic E-state index is 11.4. The molecule has 0 aromatic heterocycles. The molecule has 0 rings (SSSR count). The van der Waals surface area contributed by atoms with Gasteiger partial charge in [-0.1, -0.05) is 19.6 Å². The monoisotopic (exact) mass is 188 g/mol. The van der Waals surface area contributed by atoms with Gasteiger partial charge in [0, 0.05) is 6.42 Å². The van der Waals surface area contributed by atoms with Crippen LogP contribution >= 0.6 is 0 Å². The van der Waals surface area contributed by atoms with E-state index >= 15 is 0 Å². The lowest BCUT2D eigenvalue weighted by Crippen LogP contribution is -2.33. The molecule has 0 saturated heterocycles. The van der Waals surface area contributed by atoms with Crippen molar-refractivity contribution in [2.45, 2.75) is 51.9 Å². The van der Waals surface area contributed by atoms with Crippen LogP contribution < -0.4 is 0 Å². The predicted molar refractivity (Wildman–Crippen MR) is 53.9 cm³/mol. The molecule has 0 radical (unpaired) electrons. The van der Waals surface area contributed by atoms with E-state index in [1.54, 1.807) is 6.92 Å². The van der Waals surface area contributed by atoms with Crippen molar-refractivity contribution in [2.24, 2.45) is 0 Å². The van der Waals surface area contributed by atoms with Gasteiger partial charge in [-0.15, -0.1) is 0 Å². The number of rotatable bonds is 5. The van der Waals surface area contributed by atoms with E-state index in [-0.39, 0.29) is 6.10 Å². The van der Waals surface area contributed by atoms with E-state index in [1.807, 2.05) is 0 Å². The van der Waals surface area contributed by atoms with Gasteiger partial charge in [-0.25, -0.2) is 0 Å². The first-order valence-electron chi connectivity index (χ1n) is 4.55. The van der Waals surface area contributed by atoms with E-state index in [2.05, 4.69) is 19.6 Å². The van der Waals surface area contributed by atoms with Crippen LogP contribution in [0.25, 0.3) is 0 Å². The Morgan fingerprint density at radius 1 is 1.42 bits per heavy atom. The third kappa shape index (κ3) is 5.49. The van der Waals surface area contributed by atoms with Gasteiger partial charge in [-0.3, -0.25) is 0 Å². The first-order chi connectivity index (χ1) is 5.34. The van der Waals surface area contributed by atoms with Gasteiger partial charge in [0.25, 0.3) is 0 Å². The molecule has 0 aliphatic heterocycles. The summed E-state index contributed by atoms with van der Waals surface area (Å²) in [6, 6.07) is 0. The van der Waals surface area contributed by atoms with Gasteiger partial charge < -0.3 is 9.90 Å². The van der Waals surface area contributed by atoms with E-state index < -0.39 is 8.07 Å². The molecule has 0 aromatic rings. The molecule has 1 atom stereocenters. The van der Waals surface area contributed by atoms with Crippen molar-refractivity contribution < 1.29 is 9.90 Å². The fraction of sp³-hybridized carbons (Fsp3) is 0.889. The summed E-state index contributed by atoms with van der Waals surface area (Å²) in [7, 11) is -1.55. The number of aliphatic hydroxyl groups is 1. The Hall–Kier alpha value is -0.153. The molecular weight excluding hydrogens is 168 g/mol. The molecule has 0 fully saturated rings. The first-order valence-corrected chi connectivity index (χ1v) is 8.05. The normalized spacial score (nSPS) is 14.4. The SMILES string of the molecule is CC(O)CCCC(=O)[Si](C)(C)C. The standard InChI is InChI=1S/C9H20O2Si/c1-8(10)6-5-7-9(11)12(2,3)4/h8,10H,5-7H2,1-4H3. The quantitative estimate of drug-likeness (QED) is 0.670. The van der Waals surface area contributed by atoms with Crippen LogP contribution in [0.5, 0.6) is 0 Å². The van der Waals surface area contributed by atoms with Crippen LogP contribution in [0, 0.1) is 0 Å². The molecule has 0 aliphatic rings. The van der Waals surface area contributed by atoms with Gasteiger partial charge in [0.1, 0.15) is 13.5 Å². The molecule has 0 heterocycles. The molecule has 0 aliphatic carbocycles. The molecule has 0 bridgehead atoms. The van der Waals surface area contributed by atoms with E-state index in [4.69, 9.17) is 5.11 Å². The summed E-state index contributed by atoms with van der Waals surface area (Å²) in [6.07, 6.45) is 1.97. The van der Waals surface area contributed by atoms with Crippen LogP contribution in [0.4, 0.5) is 0 Å². The topological polar surface area (TPSA) is 37.3 Å². The third-order valence-corrected chi connectivity index (χ3v) is 3.79. The zero-order valence-corrected chi connectivity index (χ0v) is 9.55. The zero-order valence-electron chi connectivity index (χ0n) is 8.55. The fourth-order valence-corrected chi connectivity index (χ4v) is 1.86. The molecule has 2 nitrogen and oxygen atoms in total. The molecule has 0 spiro atoms. The molecule has 72 valence electrons. The summed E-state index contributed by atoms with van der Waals surface area (Å²) in [5.74, 6) is 0. The molecule has 1 N–H and O–H groups in total. The average molecular weight is 188 g/mol. The van der Waals surface area contributed by atoms with E-state index in [1.165, 1.54) is 0 Å². The lowest BCUT2D eigenvalue weighted by molar-refractivity contribution is -0.112. The van der Waals surface area contributed by atoms with Gasteiger partial charge in [-0.2, -0.15) is 0 Å². The molecule has 0 amide bonds. The fourth-order valence-electron chi connectivity index (χ4n) is 0.933. The lowest BCUT2D eigenvalue weighted by Gasteiger charge is -2.13. The maximum absolute atomic E-state index is 11.4. The van der Waals surface area contributed by atoms with Gasteiger partial charge in [0.15, 0.2) is 0 Å². The van der Waals surface area contributed by atoms with Crippen LogP contribution in [0.2, 0.25) is 19.6 Å². The van der Waals surface area contributed by atoms with Crippen molar-refractivity contribution in [3.05, 3.63) is 0 Å². The number of aliphatic hydroxyl groups excluding tert-OH is 1. The number of hydrogen-bond donors (Lipinski definition) is 1. The third-order valence-electron chi connectivity index (χ3n) is 1.86. The van der Waals surface area contributed by atoms with Crippen molar-refractivity contribution in [1.29, 1.82) is 0 Å². The highest BCUT2D eigenvalue weighted by atomic mass is 28.3. The molecule has 12 heavy (non-hydrogen) atoms. The minimum Gasteiger partial charge on any atom is -0.393 e. The van der Waals surface area contributed by atoms with Crippen LogP contribution in [0.3, 0.4) is 0 Å². The Morgan fingerprint density at radius 2 is 1.92 bits per heavy atom. The lowest BCUT2D eigenvalue weighted by atomic mass is 10.2. The highest BCUT2D eigenvalue weighted by Gasteiger charge is 2.22. The van der Waals surface area contributed by atoms with Crippen molar-refractivity contribution in [1.82, 2.24) is 0 Å². The van der Waals surface area contributed by atoms with Gasteiger partial charge in [0.05, 0.1) is 6.10 Å².